The van der Waals surface area contributed by atoms with E-state index in [0.29, 0.717) is 0 Å². The number of carbonyl (C=O) groups excluding carboxylic acids is 1. The Hall–Kier alpha value is -0.570. The zero-order chi connectivity index (χ0) is 8.10. The summed E-state index contributed by atoms with van der Waals surface area (Å²) in [6.45, 7) is 0.938. The molecule has 1 heterocycles. The van der Waals surface area contributed by atoms with Crippen molar-refractivity contribution in [2.75, 3.05) is 6.54 Å². The molecule has 1 aliphatic heterocycles. The zero-order valence-corrected chi connectivity index (χ0v) is 6.81. The fourth-order valence-electron chi connectivity index (χ4n) is 1.45. The molecule has 1 amide bonds. The highest BCUT2D eigenvalue weighted by atomic mass is 16.1. The van der Waals surface area contributed by atoms with Crippen molar-refractivity contribution in [3.8, 4) is 0 Å². The van der Waals surface area contributed by atoms with E-state index in [1.165, 1.54) is 19.3 Å². The van der Waals surface area contributed by atoms with E-state index >= 15 is 0 Å². The van der Waals surface area contributed by atoms with Gasteiger partial charge in [0.1, 0.15) is 0 Å². The maximum absolute atomic E-state index is 10.8. The molecule has 1 fully saturated rings. The van der Waals surface area contributed by atoms with Crippen LogP contribution in [-0.4, -0.2) is 18.5 Å². The van der Waals surface area contributed by atoms with Crippen LogP contribution in [0.3, 0.4) is 0 Å². The Morgan fingerprint density at radius 1 is 1.27 bits per heavy atom. The summed E-state index contributed by atoms with van der Waals surface area (Å²) in [5.41, 5.74) is 5.19. The SMILES string of the molecule is NC(=O)C1CCCCCCN1. The fourth-order valence-corrected chi connectivity index (χ4v) is 1.45. The van der Waals surface area contributed by atoms with Gasteiger partial charge in [0, 0.05) is 0 Å². The van der Waals surface area contributed by atoms with Gasteiger partial charge in [-0.3, -0.25) is 4.79 Å². The Labute approximate surface area is 67.3 Å². The lowest BCUT2D eigenvalue weighted by Crippen LogP contribution is -2.42. The topological polar surface area (TPSA) is 55.1 Å². The van der Waals surface area contributed by atoms with Crippen molar-refractivity contribution in [2.45, 2.75) is 38.1 Å². The molecule has 0 aromatic heterocycles. The highest BCUT2D eigenvalue weighted by Gasteiger charge is 2.14. The predicted octanol–water partition coefficient (Wildman–Crippen LogP) is 0.394. The van der Waals surface area contributed by atoms with Crippen LogP contribution in [0.2, 0.25) is 0 Å². The largest absolute Gasteiger partial charge is 0.368 e. The molecular weight excluding hydrogens is 140 g/mol. The molecule has 3 N–H and O–H groups in total. The van der Waals surface area contributed by atoms with Gasteiger partial charge in [-0.15, -0.1) is 0 Å². The molecular formula is C8H16N2O. The van der Waals surface area contributed by atoms with E-state index < -0.39 is 0 Å². The molecule has 1 rings (SSSR count). The monoisotopic (exact) mass is 156 g/mol. The van der Waals surface area contributed by atoms with E-state index in [4.69, 9.17) is 5.73 Å². The number of primary amides is 1. The number of amides is 1. The van der Waals surface area contributed by atoms with Gasteiger partial charge in [-0.05, 0) is 19.4 Å². The van der Waals surface area contributed by atoms with Crippen LogP contribution in [0.25, 0.3) is 0 Å². The third-order valence-electron chi connectivity index (χ3n) is 2.15. The molecule has 0 aromatic carbocycles. The first kappa shape index (κ1) is 8.53. The molecule has 1 unspecified atom stereocenters. The van der Waals surface area contributed by atoms with Crippen LogP contribution in [0, 0.1) is 0 Å². The quantitative estimate of drug-likeness (QED) is 0.577. The fraction of sp³-hybridized carbons (Fsp3) is 0.875. The summed E-state index contributed by atoms with van der Waals surface area (Å²) in [5, 5.41) is 3.15. The minimum atomic E-state index is -0.202. The van der Waals surface area contributed by atoms with Gasteiger partial charge in [-0.2, -0.15) is 0 Å². The van der Waals surface area contributed by atoms with Crippen LogP contribution in [0.5, 0.6) is 0 Å². The number of nitrogens with one attached hydrogen (secondary N) is 1. The predicted molar refractivity (Wildman–Crippen MR) is 44.1 cm³/mol. The molecule has 11 heavy (non-hydrogen) atoms. The summed E-state index contributed by atoms with van der Waals surface area (Å²) >= 11 is 0. The Balaban J connectivity index is 2.32. The minimum Gasteiger partial charge on any atom is -0.368 e. The number of carbonyl (C=O) groups is 1. The summed E-state index contributed by atoms with van der Waals surface area (Å²) in [6.07, 6.45) is 5.73. The van der Waals surface area contributed by atoms with Crippen LogP contribution >= 0.6 is 0 Å². The molecule has 0 aliphatic carbocycles. The molecule has 1 aliphatic rings. The summed E-state index contributed by atoms with van der Waals surface area (Å²) in [4.78, 5) is 10.8. The van der Waals surface area contributed by atoms with Gasteiger partial charge in [0.2, 0.25) is 5.91 Å². The molecule has 0 aromatic rings. The van der Waals surface area contributed by atoms with Gasteiger partial charge in [-0.1, -0.05) is 19.3 Å². The van der Waals surface area contributed by atoms with E-state index in [-0.39, 0.29) is 11.9 Å². The van der Waals surface area contributed by atoms with Crippen LogP contribution in [0.4, 0.5) is 0 Å². The third kappa shape index (κ3) is 2.89. The van der Waals surface area contributed by atoms with Crippen molar-refractivity contribution in [2.24, 2.45) is 5.73 Å². The number of hydrogen-bond acceptors (Lipinski definition) is 2. The van der Waals surface area contributed by atoms with Crippen molar-refractivity contribution >= 4 is 5.91 Å². The molecule has 1 atom stereocenters. The molecule has 0 bridgehead atoms. The average molecular weight is 156 g/mol. The second-order valence-electron chi connectivity index (χ2n) is 3.11. The molecule has 0 spiro atoms. The van der Waals surface area contributed by atoms with E-state index in [1.54, 1.807) is 0 Å². The highest BCUT2D eigenvalue weighted by Crippen LogP contribution is 2.08. The van der Waals surface area contributed by atoms with Gasteiger partial charge < -0.3 is 11.1 Å². The molecule has 3 heteroatoms. The number of nitrogens with two attached hydrogens (primary N) is 1. The van der Waals surface area contributed by atoms with Gasteiger partial charge in [0.15, 0.2) is 0 Å². The van der Waals surface area contributed by atoms with Crippen LogP contribution in [-0.2, 0) is 4.79 Å². The first-order valence-corrected chi connectivity index (χ1v) is 4.33. The van der Waals surface area contributed by atoms with Gasteiger partial charge in [0.05, 0.1) is 6.04 Å². The van der Waals surface area contributed by atoms with Crippen molar-refractivity contribution in [3.05, 3.63) is 0 Å². The van der Waals surface area contributed by atoms with Crippen LogP contribution in [0.1, 0.15) is 32.1 Å². The normalized spacial score (nSPS) is 27.1. The lowest BCUT2D eigenvalue weighted by Gasteiger charge is -2.17. The smallest absolute Gasteiger partial charge is 0.234 e. The first-order chi connectivity index (χ1) is 5.30. The van der Waals surface area contributed by atoms with E-state index in [2.05, 4.69) is 5.32 Å². The number of hydrogen-bond donors (Lipinski definition) is 2. The second-order valence-corrected chi connectivity index (χ2v) is 3.11. The summed E-state index contributed by atoms with van der Waals surface area (Å²) in [7, 11) is 0. The highest BCUT2D eigenvalue weighted by molar-refractivity contribution is 5.79. The van der Waals surface area contributed by atoms with Gasteiger partial charge in [0.25, 0.3) is 0 Å². The van der Waals surface area contributed by atoms with Gasteiger partial charge in [-0.25, -0.2) is 0 Å². The van der Waals surface area contributed by atoms with Gasteiger partial charge >= 0.3 is 0 Å². The Bertz CT molecular complexity index is 128. The van der Waals surface area contributed by atoms with Crippen LogP contribution < -0.4 is 11.1 Å². The maximum atomic E-state index is 10.8. The number of rotatable bonds is 1. The van der Waals surface area contributed by atoms with E-state index in [9.17, 15) is 4.79 Å². The average Bonchev–Trinajstić information content (AvgIpc) is 1.84. The van der Waals surface area contributed by atoms with Crippen molar-refractivity contribution in [1.82, 2.24) is 5.32 Å². The summed E-state index contributed by atoms with van der Waals surface area (Å²) in [6, 6.07) is -0.0738. The zero-order valence-electron chi connectivity index (χ0n) is 6.81. The molecule has 64 valence electrons. The van der Waals surface area contributed by atoms with Crippen molar-refractivity contribution in [1.29, 1.82) is 0 Å². The molecule has 1 saturated heterocycles. The lowest BCUT2D eigenvalue weighted by atomic mass is 10.0. The molecule has 0 radical (unpaired) electrons. The summed E-state index contributed by atoms with van der Waals surface area (Å²) in [5.74, 6) is -0.202. The van der Waals surface area contributed by atoms with E-state index in [0.717, 1.165) is 19.4 Å². The van der Waals surface area contributed by atoms with Crippen molar-refractivity contribution < 1.29 is 4.79 Å². The standard InChI is InChI=1S/C8H16N2O/c9-8(11)7-5-3-1-2-4-6-10-7/h7,10H,1-6H2,(H2,9,11). The minimum absolute atomic E-state index is 0.0738. The second kappa shape index (κ2) is 4.34. The lowest BCUT2D eigenvalue weighted by molar-refractivity contribution is -0.120. The summed E-state index contributed by atoms with van der Waals surface area (Å²) < 4.78 is 0. The Morgan fingerprint density at radius 3 is 2.73 bits per heavy atom. The Kier molecular flexibility index (Phi) is 3.36. The molecule has 0 saturated carbocycles. The van der Waals surface area contributed by atoms with Crippen LogP contribution in [0.15, 0.2) is 0 Å². The maximum Gasteiger partial charge on any atom is 0.234 e. The van der Waals surface area contributed by atoms with E-state index in [1.807, 2.05) is 0 Å². The molecule has 3 nitrogen and oxygen atoms in total. The van der Waals surface area contributed by atoms with Crippen molar-refractivity contribution in [3.63, 3.8) is 0 Å². The third-order valence-corrected chi connectivity index (χ3v) is 2.15. The first-order valence-electron chi connectivity index (χ1n) is 4.33. The Morgan fingerprint density at radius 2 is 2.00 bits per heavy atom.